The number of nitrogens with one attached hydrogen (secondary N) is 2. The summed E-state index contributed by atoms with van der Waals surface area (Å²) in [6.07, 6.45) is -0.539. The van der Waals surface area contributed by atoms with Crippen molar-refractivity contribution in [2.75, 3.05) is 6.26 Å². The molecule has 0 aliphatic heterocycles. The molecule has 0 fully saturated rings. The molecule has 3 heterocycles. The number of aromatic nitrogens is 6. The molecule has 178 valence electrons. The fraction of sp³-hybridized carbons (Fsp3) is 0.105. The van der Waals surface area contributed by atoms with Crippen molar-refractivity contribution in [3.8, 4) is 16.9 Å². The van der Waals surface area contributed by atoms with Gasteiger partial charge in [-0.25, -0.2) is 32.3 Å². The first kappa shape index (κ1) is 24.9. The Morgan fingerprint density at radius 3 is 2.21 bits per heavy atom. The van der Waals surface area contributed by atoms with Crippen LogP contribution in [0.25, 0.3) is 16.9 Å². The van der Waals surface area contributed by atoms with Gasteiger partial charge in [-0.1, -0.05) is 42.5 Å². The molecule has 0 atom stereocenters. The maximum atomic E-state index is 13.0. The largest absolute Gasteiger partial charge is 0.435 e. The summed E-state index contributed by atoms with van der Waals surface area (Å²) in [6.45, 7) is 0. The van der Waals surface area contributed by atoms with Crippen LogP contribution >= 0.6 is 12.2 Å². The van der Waals surface area contributed by atoms with Gasteiger partial charge < -0.3 is 4.98 Å². The third-order valence-electron chi connectivity index (χ3n) is 4.03. The zero-order valence-electron chi connectivity index (χ0n) is 17.0. The monoisotopic (exact) mass is 514 g/mol. The van der Waals surface area contributed by atoms with E-state index in [0.29, 0.717) is 5.56 Å². The lowest BCUT2D eigenvalue weighted by Gasteiger charge is -2.07. The number of halogens is 4. The van der Waals surface area contributed by atoms with Gasteiger partial charge in [0.25, 0.3) is 0 Å². The molecular formula is C19H14F4N6O3S2. The number of alkyl halides is 3. The molecule has 4 rings (SSSR count). The highest BCUT2D eigenvalue weighted by Crippen LogP contribution is 2.33. The number of aromatic amines is 2. The molecule has 2 N–H and O–H groups in total. The Balaban J connectivity index is 0.000000302. The molecule has 0 spiro atoms. The van der Waals surface area contributed by atoms with Gasteiger partial charge in [0.05, 0.1) is 18.1 Å². The van der Waals surface area contributed by atoms with Crippen LogP contribution in [-0.2, 0) is 16.0 Å². The lowest BCUT2D eigenvalue weighted by Crippen LogP contribution is -2.09. The van der Waals surface area contributed by atoms with E-state index >= 15 is 0 Å². The normalized spacial score (nSPS) is 11.6. The number of sulfone groups is 1. The maximum Gasteiger partial charge on any atom is 0.435 e. The zero-order valence-corrected chi connectivity index (χ0v) is 18.7. The summed E-state index contributed by atoms with van der Waals surface area (Å²) in [4.78, 5) is 21.8. The van der Waals surface area contributed by atoms with Gasteiger partial charge in [0.2, 0.25) is 15.0 Å². The topological polar surface area (TPSA) is 126 Å². The molecule has 0 amide bonds. The molecule has 0 aliphatic carbocycles. The molecule has 1 aromatic carbocycles. The summed E-state index contributed by atoms with van der Waals surface area (Å²) >= 11 is 4.39. The van der Waals surface area contributed by atoms with Crippen LogP contribution in [0.2, 0.25) is 0 Å². The van der Waals surface area contributed by atoms with Crippen LogP contribution in [0.3, 0.4) is 0 Å². The van der Waals surface area contributed by atoms with Crippen LogP contribution < -0.4 is 5.69 Å². The molecule has 9 nitrogen and oxygen atoms in total. The minimum Gasteiger partial charge on any atom is -0.311 e. The van der Waals surface area contributed by atoms with E-state index in [0.717, 1.165) is 35.6 Å². The number of H-pyrrole nitrogens is 2. The lowest BCUT2D eigenvalue weighted by atomic mass is 10.1. The summed E-state index contributed by atoms with van der Waals surface area (Å²) in [7, 11) is -3.61. The van der Waals surface area contributed by atoms with Crippen LogP contribution in [0.4, 0.5) is 17.6 Å². The Kier molecular flexibility index (Phi) is 7.07. The second-order valence-corrected chi connectivity index (χ2v) is 8.92. The van der Waals surface area contributed by atoms with Gasteiger partial charge in [-0.2, -0.15) is 18.3 Å². The van der Waals surface area contributed by atoms with Gasteiger partial charge in [0.15, 0.2) is 11.5 Å². The summed E-state index contributed by atoms with van der Waals surface area (Å²) in [5.74, 6) is -0.621. The van der Waals surface area contributed by atoms with Crippen LogP contribution in [0, 0.1) is 10.5 Å². The molecule has 0 saturated carbocycles. The van der Waals surface area contributed by atoms with Crippen LogP contribution in [0.15, 0.2) is 64.9 Å². The van der Waals surface area contributed by atoms with E-state index < -0.39 is 38.4 Å². The SMILES string of the molecule is CS(=O)(=O)c1ncc(-n2nc(C(F)(F)F)cc2-c2ccccc2)cn1.O=c1[nH]cc(F)c(=S)[nH]1. The van der Waals surface area contributed by atoms with Crippen molar-refractivity contribution in [3.05, 3.63) is 81.6 Å². The summed E-state index contributed by atoms with van der Waals surface area (Å²) in [5.41, 5.74) is -0.761. The van der Waals surface area contributed by atoms with E-state index in [1.165, 1.54) is 0 Å². The molecule has 0 saturated heterocycles. The van der Waals surface area contributed by atoms with Gasteiger partial charge >= 0.3 is 11.9 Å². The molecule has 0 bridgehead atoms. The Bertz CT molecular complexity index is 1510. The van der Waals surface area contributed by atoms with Crippen LogP contribution in [-0.4, -0.2) is 44.4 Å². The predicted octanol–water partition coefficient (Wildman–Crippen LogP) is 3.32. The minimum absolute atomic E-state index is 0.113. The summed E-state index contributed by atoms with van der Waals surface area (Å²) < 4.78 is 75.0. The van der Waals surface area contributed by atoms with Gasteiger partial charge in [0.1, 0.15) is 10.3 Å². The number of nitrogens with zero attached hydrogens (tertiary/aromatic N) is 4. The van der Waals surface area contributed by atoms with Gasteiger partial charge in [-0.15, -0.1) is 0 Å². The number of benzene rings is 1. The summed E-state index contributed by atoms with van der Waals surface area (Å²) in [5, 5.41) is 3.17. The highest BCUT2D eigenvalue weighted by atomic mass is 32.2. The highest BCUT2D eigenvalue weighted by molar-refractivity contribution is 7.90. The smallest absolute Gasteiger partial charge is 0.311 e. The maximum absolute atomic E-state index is 13.0. The molecular weight excluding hydrogens is 500 g/mol. The van der Waals surface area contributed by atoms with Crippen molar-refractivity contribution >= 4 is 22.1 Å². The molecule has 15 heteroatoms. The first-order valence-corrected chi connectivity index (χ1v) is 11.4. The third kappa shape index (κ3) is 5.99. The minimum atomic E-state index is -4.62. The summed E-state index contributed by atoms with van der Waals surface area (Å²) in [6, 6.07) is 9.30. The van der Waals surface area contributed by atoms with E-state index in [2.05, 4.69) is 37.3 Å². The highest BCUT2D eigenvalue weighted by Gasteiger charge is 2.35. The van der Waals surface area contributed by atoms with E-state index in [1.54, 1.807) is 30.3 Å². The third-order valence-corrected chi connectivity index (χ3v) is 5.21. The number of hydrogen-bond donors (Lipinski definition) is 2. The van der Waals surface area contributed by atoms with Crippen molar-refractivity contribution < 1.29 is 26.0 Å². The second-order valence-electron chi connectivity index (χ2n) is 6.61. The molecule has 0 unspecified atom stereocenters. The lowest BCUT2D eigenvalue weighted by molar-refractivity contribution is -0.141. The predicted molar refractivity (Wildman–Crippen MR) is 115 cm³/mol. The van der Waals surface area contributed by atoms with Gasteiger partial charge in [-0.3, -0.25) is 4.98 Å². The van der Waals surface area contributed by atoms with E-state index in [4.69, 9.17) is 0 Å². The Labute approximate surface area is 194 Å². The second kappa shape index (κ2) is 9.64. The average molecular weight is 514 g/mol. The van der Waals surface area contributed by atoms with Crippen LogP contribution in [0.5, 0.6) is 0 Å². The zero-order chi connectivity index (χ0) is 25.1. The van der Waals surface area contributed by atoms with Gasteiger partial charge in [-0.05, 0) is 6.07 Å². The van der Waals surface area contributed by atoms with Gasteiger partial charge in [0, 0.05) is 18.0 Å². The molecule has 34 heavy (non-hydrogen) atoms. The van der Waals surface area contributed by atoms with Crippen molar-refractivity contribution in [1.82, 2.24) is 29.7 Å². The Morgan fingerprint density at radius 2 is 1.71 bits per heavy atom. The van der Waals surface area contributed by atoms with Crippen LogP contribution in [0.1, 0.15) is 5.69 Å². The first-order chi connectivity index (χ1) is 15.9. The van der Waals surface area contributed by atoms with E-state index in [-0.39, 0.29) is 16.0 Å². The molecule has 0 aliphatic rings. The number of rotatable bonds is 3. The Hall–Kier alpha value is -3.72. The van der Waals surface area contributed by atoms with Crippen molar-refractivity contribution in [1.29, 1.82) is 0 Å². The number of hydrogen-bond acceptors (Lipinski definition) is 7. The standard InChI is InChI=1S/C15H11F3N4O2S.C4H3FN2OS/c1-25(23,24)14-19-8-11(9-20-14)22-12(10-5-3-2-4-6-10)7-13(21-22)15(16,17)18;5-2-1-6-4(8)7-3(2)9/h2-9H,1H3;1H,(H2,6,7,8,9). The Morgan fingerprint density at radius 1 is 1.09 bits per heavy atom. The molecule has 4 aromatic rings. The van der Waals surface area contributed by atoms with E-state index in [9.17, 15) is 30.8 Å². The average Bonchev–Trinajstić information content (AvgIpc) is 3.23. The van der Waals surface area contributed by atoms with E-state index in [1.807, 2.05) is 0 Å². The fourth-order valence-corrected chi connectivity index (χ4v) is 3.17. The van der Waals surface area contributed by atoms with Crippen molar-refractivity contribution in [2.24, 2.45) is 0 Å². The van der Waals surface area contributed by atoms with Crippen molar-refractivity contribution in [3.63, 3.8) is 0 Å². The fourth-order valence-electron chi connectivity index (χ4n) is 2.53. The first-order valence-electron chi connectivity index (χ1n) is 9.09. The van der Waals surface area contributed by atoms with Crippen molar-refractivity contribution in [2.45, 2.75) is 11.3 Å². The molecule has 0 radical (unpaired) electrons. The molecule has 3 aromatic heterocycles. The quantitative estimate of drug-likeness (QED) is 0.244.